The van der Waals surface area contributed by atoms with E-state index in [0.29, 0.717) is 23.0 Å². The van der Waals surface area contributed by atoms with E-state index in [4.69, 9.17) is 0 Å². The van der Waals surface area contributed by atoms with Crippen molar-refractivity contribution >= 4 is 0 Å². The topological polar surface area (TPSA) is 80.9 Å². The molecule has 0 spiro atoms. The van der Waals surface area contributed by atoms with Crippen molar-refractivity contribution in [3.05, 3.63) is 263 Å². The second-order valence-electron chi connectivity index (χ2n) is 18.2. The summed E-state index contributed by atoms with van der Waals surface area (Å²) >= 11 is 0. The summed E-state index contributed by atoms with van der Waals surface area (Å²) in [5, 5.41) is 37.2. The molecule has 0 aromatic heterocycles. The zero-order valence-corrected chi connectivity index (χ0v) is 39.8. The van der Waals surface area contributed by atoms with Gasteiger partial charge in [-0.15, -0.1) is 0 Å². The summed E-state index contributed by atoms with van der Waals surface area (Å²) in [6.07, 6.45) is 0. The first-order valence-electron chi connectivity index (χ1n) is 21.8. The third-order valence-electron chi connectivity index (χ3n) is 12.3. The van der Waals surface area contributed by atoms with E-state index in [9.17, 15) is 20.4 Å². The molecule has 0 saturated carbocycles. The summed E-state index contributed by atoms with van der Waals surface area (Å²) in [6, 6.07) is 71.3. The van der Waals surface area contributed by atoms with Crippen LogP contribution >= 0.6 is 0 Å². The summed E-state index contributed by atoms with van der Waals surface area (Å²) in [6.45, 7) is 17.5. The SMILES string of the molecule is CC(C)(c1ccccc1)c1ccc(O)cc1.CC(C)(c1ccccc1)c1ccc(O)cc1.CC(C)(c1ccccc1)c1ccc(O)cc1.CC(C)(c1ccccc1)c1ccc(O)cc1.[Cu]. The first-order valence-corrected chi connectivity index (χ1v) is 21.8. The molecular weight excluding hydrogens is 848 g/mol. The molecular formula is C60H64CuO4. The monoisotopic (exact) mass is 911 g/mol. The Hall–Kier alpha value is -6.52. The summed E-state index contributed by atoms with van der Waals surface area (Å²) < 4.78 is 0. The number of phenols is 4. The van der Waals surface area contributed by atoms with E-state index in [1.54, 1.807) is 48.5 Å². The molecule has 8 aromatic carbocycles. The van der Waals surface area contributed by atoms with Crippen LogP contribution in [0.4, 0.5) is 0 Å². The zero-order valence-electron chi connectivity index (χ0n) is 38.9. The number of phenolic OH excluding ortho intramolecular Hbond substituents is 4. The van der Waals surface area contributed by atoms with Gasteiger partial charge < -0.3 is 20.4 Å². The summed E-state index contributed by atoms with van der Waals surface area (Å²) in [7, 11) is 0. The zero-order chi connectivity index (χ0) is 46.4. The molecule has 5 heteroatoms. The maximum Gasteiger partial charge on any atom is 0.115 e. The Balaban J connectivity index is 0.000000189. The predicted molar refractivity (Wildman–Crippen MR) is 267 cm³/mol. The summed E-state index contributed by atoms with van der Waals surface area (Å²) in [5.41, 5.74) is 9.80. The van der Waals surface area contributed by atoms with Gasteiger partial charge in [-0.05, 0) is 93.0 Å². The molecule has 0 unspecified atom stereocenters. The van der Waals surface area contributed by atoms with Crippen LogP contribution in [0.15, 0.2) is 218 Å². The maximum atomic E-state index is 9.29. The Kier molecular flexibility index (Phi) is 18.0. The average Bonchev–Trinajstić information content (AvgIpc) is 3.31. The van der Waals surface area contributed by atoms with E-state index in [1.807, 2.05) is 72.8 Å². The van der Waals surface area contributed by atoms with Gasteiger partial charge in [0.15, 0.2) is 0 Å². The van der Waals surface area contributed by atoms with Gasteiger partial charge in [-0.3, -0.25) is 0 Å². The Morgan fingerprint density at radius 3 is 0.462 bits per heavy atom. The van der Waals surface area contributed by atoms with Gasteiger partial charge in [-0.2, -0.15) is 0 Å². The van der Waals surface area contributed by atoms with E-state index in [-0.39, 0.29) is 38.7 Å². The molecule has 0 aliphatic rings. The molecule has 1 radical (unpaired) electrons. The van der Waals surface area contributed by atoms with Crippen molar-refractivity contribution in [3.8, 4) is 23.0 Å². The second kappa shape index (κ2) is 22.9. The van der Waals surface area contributed by atoms with Crippen molar-refractivity contribution in [2.24, 2.45) is 0 Å². The molecule has 8 rings (SSSR count). The largest absolute Gasteiger partial charge is 0.508 e. The van der Waals surface area contributed by atoms with Crippen LogP contribution < -0.4 is 0 Å². The smallest absolute Gasteiger partial charge is 0.115 e. The molecule has 65 heavy (non-hydrogen) atoms. The fourth-order valence-electron chi connectivity index (χ4n) is 7.60. The van der Waals surface area contributed by atoms with Crippen molar-refractivity contribution in [1.82, 2.24) is 0 Å². The van der Waals surface area contributed by atoms with Gasteiger partial charge in [0.05, 0.1) is 0 Å². The number of benzene rings is 8. The molecule has 0 aliphatic heterocycles. The van der Waals surface area contributed by atoms with Crippen molar-refractivity contribution in [3.63, 3.8) is 0 Å². The van der Waals surface area contributed by atoms with Crippen LogP contribution in [0.2, 0.25) is 0 Å². The number of aromatic hydroxyl groups is 4. The van der Waals surface area contributed by atoms with E-state index < -0.39 is 0 Å². The van der Waals surface area contributed by atoms with Crippen LogP contribution in [-0.2, 0) is 38.7 Å². The van der Waals surface area contributed by atoms with Crippen LogP contribution in [0.1, 0.15) is 99.9 Å². The Morgan fingerprint density at radius 2 is 0.323 bits per heavy atom. The molecule has 0 saturated heterocycles. The van der Waals surface area contributed by atoms with E-state index in [2.05, 4.69) is 152 Å². The fraction of sp³-hybridized carbons (Fsp3) is 0.200. The fourth-order valence-corrected chi connectivity index (χ4v) is 7.60. The molecule has 4 N–H and O–H groups in total. The standard InChI is InChI=1S/4C15H16O.Cu/c4*1-15(2,12-6-4-3-5-7-12)13-8-10-14(16)11-9-13;/h4*3-11,16H,1-2H3;. The van der Waals surface area contributed by atoms with Gasteiger partial charge in [0, 0.05) is 38.7 Å². The van der Waals surface area contributed by atoms with E-state index in [0.717, 1.165) is 0 Å². The van der Waals surface area contributed by atoms with Crippen molar-refractivity contribution in [2.75, 3.05) is 0 Å². The van der Waals surface area contributed by atoms with Gasteiger partial charge >= 0.3 is 0 Å². The molecule has 0 bridgehead atoms. The van der Waals surface area contributed by atoms with Crippen LogP contribution in [-0.4, -0.2) is 20.4 Å². The minimum Gasteiger partial charge on any atom is -0.508 e. The molecule has 0 atom stereocenters. The molecule has 339 valence electrons. The summed E-state index contributed by atoms with van der Waals surface area (Å²) in [5.74, 6) is 1.25. The molecule has 4 nitrogen and oxygen atoms in total. The Bertz CT molecular complexity index is 2200. The second-order valence-corrected chi connectivity index (χ2v) is 18.2. The van der Waals surface area contributed by atoms with Crippen molar-refractivity contribution < 1.29 is 37.5 Å². The van der Waals surface area contributed by atoms with Crippen LogP contribution in [0.25, 0.3) is 0 Å². The van der Waals surface area contributed by atoms with Gasteiger partial charge in [-0.25, -0.2) is 0 Å². The minimum absolute atomic E-state index is 0. The van der Waals surface area contributed by atoms with Crippen LogP contribution in [0, 0.1) is 0 Å². The first-order chi connectivity index (χ1) is 30.4. The number of hydrogen-bond donors (Lipinski definition) is 4. The van der Waals surface area contributed by atoms with Gasteiger partial charge in [0.25, 0.3) is 0 Å². The van der Waals surface area contributed by atoms with Gasteiger partial charge in [0.2, 0.25) is 0 Å². The molecule has 0 heterocycles. The Morgan fingerprint density at radius 1 is 0.200 bits per heavy atom. The summed E-state index contributed by atoms with van der Waals surface area (Å²) in [4.78, 5) is 0. The third kappa shape index (κ3) is 13.7. The van der Waals surface area contributed by atoms with E-state index in [1.165, 1.54) is 44.5 Å². The van der Waals surface area contributed by atoms with Gasteiger partial charge in [-0.1, -0.05) is 225 Å². The minimum atomic E-state index is -0.0328. The number of rotatable bonds is 8. The normalized spacial score (nSPS) is 11.2. The van der Waals surface area contributed by atoms with E-state index >= 15 is 0 Å². The molecule has 0 fully saturated rings. The Labute approximate surface area is 398 Å². The average molecular weight is 913 g/mol. The first kappa shape index (κ1) is 51.1. The quantitative estimate of drug-likeness (QED) is 0.115. The molecule has 8 aromatic rings. The van der Waals surface area contributed by atoms with Crippen LogP contribution in [0.5, 0.6) is 23.0 Å². The van der Waals surface area contributed by atoms with Crippen LogP contribution in [0.3, 0.4) is 0 Å². The molecule has 0 amide bonds. The van der Waals surface area contributed by atoms with Crippen molar-refractivity contribution in [1.29, 1.82) is 0 Å². The third-order valence-corrected chi connectivity index (χ3v) is 12.3. The molecule has 0 aliphatic carbocycles. The number of hydrogen-bond acceptors (Lipinski definition) is 4. The predicted octanol–water partition coefficient (Wildman–Crippen LogP) is 14.9. The maximum absolute atomic E-state index is 9.29. The van der Waals surface area contributed by atoms with Gasteiger partial charge in [0.1, 0.15) is 23.0 Å². The van der Waals surface area contributed by atoms with Crippen molar-refractivity contribution in [2.45, 2.75) is 77.0 Å².